The summed E-state index contributed by atoms with van der Waals surface area (Å²) in [6.07, 6.45) is 4.01. The molecule has 2 aliphatic heterocycles. The number of hydrogen-bond acceptors (Lipinski definition) is 2. The fraction of sp³-hybridized carbons (Fsp3) is 0.909. The maximum atomic E-state index is 4.59. The van der Waals surface area contributed by atoms with Gasteiger partial charge in [-0.3, -0.25) is 4.90 Å². The van der Waals surface area contributed by atoms with Crippen molar-refractivity contribution in [1.82, 2.24) is 4.90 Å². The Morgan fingerprint density at radius 1 is 1.40 bits per heavy atom. The third-order valence-corrected chi connectivity index (χ3v) is 4.77. The summed E-state index contributed by atoms with van der Waals surface area (Å²) in [5, 5.41) is 4.59. The van der Waals surface area contributed by atoms with Gasteiger partial charge in [0.15, 0.2) is 0 Å². The molecule has 0 aliphatic carbocycles. The molecule has 1 unspecified atom stereocenters. The van der Waals surface area contributed by atoms with Gasteiger partial charge in [0.25, 0.3) is 0 Å². The first-order valence-electron chi connectivity index (χ1n) is 5.40. The van der Waals surface area contributed by atoms with E-state index < -0.39 is 0 Å². The van der Waals surface area contributed by atoms with Gasteiger partial charge >= 0.3 is 0 Å². The number of likely N-dealkylation sites (N-methyl/N-ethyl adjacent to an activating group) is 1. The Kier molecular flexibility index (Phi) is 8.35. The minimum absolute atomic E-state index is 0. The summed E-state index contributed by atoms with van der Waals surface area (Å²) in [7, 11) is 0. The number of nitrogens with zero attached hydrogens (tertiary/aromatic N) is 2. The number of rotatable bonds is 1. The zero-order valence-electron chi connectivity index (χ0n) is 10.0. The smallest absolute Gasteiger partial charge is 0.0480 e. The molecule has 0 N–H and O–H groups in total. The Balaban J connectivity index is 0.000000980. The normalized spacial score (nSPS) is 31.8. The van der Waals surface area contributed by atoms with Gasteiger partial charge < -0.3 is 12.7 Å². The van der Waals surface area contributed by atoms with Crippen LogP contribution in [-0.2, 0) is 32.7 Å². The number of thioether (sulfide) groups is 1. The Labute approximate surface area is 124 Å². The zero-order chi connectivity index (χ0) is 9.15. The second kappa shape index (κ2) is 7.65. The molecule has 0 bridgehead atoms. The van der Waals surface area contributed by atoms with Crippen molar-refractivity contribution in [1.29, 1.82) is 0 Å². The van der Waals surface area contributed by atoms with E-state index in [-0.39, 0.29) is 40.1 Å². The molecule has 0 amide bonds. The summed E-state index contributed by atoms with van der Waals surface area (Å²) in [5.41, 5.74) is 0. The van der Waals surface area contributed by atoms with Crippen LogP contribution in [0.4, 0.5) is 0 Å². The van der Waals surface area contributed by atoms with E-state index in [1.807, 2.05) is 0 Å². The molecule has 0 aromatic carbocycles. The predicted octanol–water partition coefficient (Wildman–Crippen LogP) is 2.76. The van der Waals surface area contributed by atoms with Crippen molar-refractivity contribution in [2.45, 2.75) is 31.1 Å². The van der Waals surface area contributed by atoms with Gasteiger partial charge in [-0.25, -0.2) is 0 Å². The average molecular weight is 303 g/mol. The Morgan fingerprint density at radius 3 is 2.80 bits per heavy atom. The van der Waals surface area contributed by atoms with Gasteiger partial charge in [-0.2, -0.15) is 0 Å². The largest absolute Gasteiger partial charge is 0.660 e. The maximum absolute atomic E-state index is 4.59. The van der Waals surface area contributed by atoms with Crippen molar-refractivity contribution in [3.8, 4) is 0 Å². The molecule has 4 heteroatoms. The minimum atomic E-state index is 0. The van der Waals surface area contributed by atoms with Crippen LogP contribution in [0.5, 0.6) is 0 Å². The summed E-state index contributed by atoms with van der Waals surface area (Å²) in [5.74, 6) is 1.34. The van der Waals surface area contributed by atoms with Crippen LogP contribution in [0.2, 0.25) is 0 Å². The standard InChI is InChI=1S/C10H19N2S.CH3.Y/c1-2-12-7-4-8-13-10(12)5-3-6-11-9-10;;/h2-9H2,1H3;1H3;/q2*-1;. The van der Waals surface area contributed by atoms with Gasteiger partial charge in [0.2, 0.25) is 0 Å². The SMILES string of the molecule is CCN1CCCSC12CCC[N-]C2.[CH3-].[Y]. The third-order valence-electron chi connectivity index (χ3n) is 3.14. The molecule has 0 saturated carbocycles. The first kappa shape index (κ1) is 16.4. The van der Waals surface area contributed by atoms with Gasteiger partial charge in [0, 0.05) is 44.1 Å². The molecule has 1 spiro atoms. The summed E-state index contributed by atoms with van der Waals surface area (Å²) >= 11 is 2.15. The molecule has 87 valence electrons. The van der Waals surface area contributed by atoms with Crippen LogP contribution >= 0.6 is 11.8 Å². The predicted molar refractivity (Wildman–Crippen MR) is 65.8 cm³/mol. The van der Waals surface area contributed by atoms with E-state index in [2.05, 4.69) is 28.9 Å². The minimum Gasteiger partial charge on any atom is -0.660 e. The molecule has 2 heterocycles. The van der Waals surface area contributed by atoms with Gasteiger partial charge in [0.1, 0.15) is 0 Å². The van der Waals surface area contributed by atoms with Crippen molar-refractivity contribution in [2.75, 3.05) is 31.9 Å². The Hall–Kier alpha value is 1.37. The average Bonchev–Trinajstić information content (AvgIpc) is 2.20. The van der Waals surface area contributed by atoms with Crippen molar-refractivity contribution in [2.24, 2.45) is 0 Å². The van der Waals surface area contributed by atoms with Crippen LogP contribution in [-0.4, -0.2) is 41.7 Å². The van der Waals surface area contributed by atoms with E-state index in [1.165, 1.54) is 38.1 Å². The Morgan fingerprint density at radius 2 is 2.20 bits per heavy atom. The molecule has 2 fully saturated rings. The summed E-state index contributed by atoms with van der Waals surface area (Å²) in [6.45, 7) is 6.94. The summed E-state index contributed by atoms with van der Waals surface area (Å²) < 4.78 is 0. The first-order valence-corrected chi connectivity index (χ1v) is 6.38. The van der Waals surface area contributed by atoms with Crippen LogP contribution in [0.25, 0.3) is 5.32 Å². The van der Waals surface area contributed by atoms with E-state index in [4.69, 9.17) is 0 Å². The molecule has 2 aliphatic rings. The number of hydrogen-bond donors (Lipinski definition) is 0. The van der Waals surface area contributed by atoms with E-state index in [0.717, 1.165) is 13.1 Å². The summed E-state index contributed by atoms with van der Waals surface area (Å²) in [4.78, 5) is 3.05. The van der Waals surface area contributed by atoms with Crippen LogP contribution in [0.1, 0.15) is 26.2 Å². The second-order valence-electron chi connectivity index (χ2n) is 3.94. The van der Waals surface area contributed by atoms with Crippen LogP contribution in [0, 0.1) is 7.43 Å². The maximum Gasteiger partial charge on any atom is 0.0480 e. The van der Waals surface area contributed by atoms with Gasteiger partial charge in [0.05, 0.1) is 0 Å². The fourth-order valence-corrected chi connectivity index (χ4v) is 3.96. The monoisotopic (exact) mass is 303 g/mol. The van der Waals surface area contributed by atoms with E-state index >= 15 is 0 Å². The van der Waals surface area contributed by atoms with E-state index in [9.17, 15) is 0 Å². The van der Waals surface area contributed by atoms with Crippen molar-refractivity contribution in [3.05, 3.63) is 12.7 Å². The fourth-order valence-electron chi connectivity index (χ4n) is 2.43. The van der Waals surface area contributed by atoms with Crippen molar-refractivity contribution < 1.29 is 32.7 Å². The topological polar surface area (TPSA) is 17.3 Å². The molecule has 2 saturated heterocycles. The van der Waals surface area contributed by atoms with Gasteiger partial charge in [-0.15, -0.1) is 24.9 Å². The van der Waals surface area contributed by atoms with Crippen LogP contribution in [0.15, 0.2) is 0 Å². The molecular formula is C11H22N2SY-2. The van der Waals surface area contributed by atoms with E-state index in [0.29, 0.717) is 4.87 Å². The first-order chi connectivity index (χ1) is 6.37. The van der Waals surface area contributed by atoms with E-state index in [1.54, 1.807) is 0 Å². The molecular weight excluding hydrogens is 281 g/mol. The quantitative estimate of drug-likeness (QED) is 0.693. The zero-order valence-corrected chi connectivity index (χ0v) is 13.7. The van der Waals surface area contributed by atoms with Gasteiger partial charge in [-0.05, 0) is 25.1 Å². The molecule has 2 rings (SSSR count). The molecule has 15 heavy (non-hydrogen) atoms. The molecule has 0 aromatic heterocycles. The van der Waals surface area contributed by atoms with Crippen molar-refractivity contribution in [3.63, 3.8) is 0 Å². The number of piperidine rings is 1. The van der Waals surface area contributed by atoms with Crippen molar-refractivity contribution >= 4 is 11.8 Å². The second-order valence-corrected chi connectivity index (χ2v) is 5.39. The summed E-state index contributed by atoms with van der Waals surface area (Å²) in [6, 6.07) is 0. The van der Waals surface area contributed by atoms with Crippen LogP contribution in [0.3, 0.4) is 0 Å². The molecule has 1 radical (unpaired) electrons. The third kappa shape index (κ3) is 3.67. The molecule has 2 nitrogen and oxygen atoms in total. The Bertz CT molecular complexity index is 164. The van der Waals surface area contributed by atoms with Gasteiger partial charge in [-0.1, -0.05) is 13.3 Å². The molecule has 1 atom stereocenters. The molecule has 0 aromatic rings. The van der Waals surface area contributed by atoms with Crippen LogP contribution < -0.4 is 0 Å².